The van der Waals surface area contributed by atoms with Crippen molar-refractivity contribution in [3.05, 3.63) is 70.3 Å². The number of aryl methyl sites for hydroxylation is 1. The molecule has 1 aliphatic heterocycles. The fraction of sp³-hybridized carbons (Fsp3) is 0.273. The van der Waals surface area contributed by atoms with Crippen LogP contribution in [0.25, 0.3) is 0 Å². The van der Waals surface area contributed by atoms with Crippen LogP contribution in [0.4, 0.5) is 11.4 Å². The highest BCUT2D eigenvalue weighted by Crippen LogP contribution is 2.33. The Morgan fingerprint density at radius 3 is 2.70 bits per heavy atom. The van der Waals surface area contributed by atoms with Gasteiger partial charge in [-0.3, -0.25) is 13.9 Å². The van der Waals surface area contributed by atoms with E-state index in [9.17, 15) is 23.1 Å². The number of aliphatic hydroxyl groups is 1. The van der Waals surface area contributed by atoms with E-state index >= 15 is 0 Å². The minimum atomic E-state index is -3.46. The van der Waals surface area contributed by atoms with E-state index in [-0.39, 0.29) is 12.3 Å². The summed E-state index contributed by atoms with van der Waals surface area (Å²) in [6.45, 7) is 0.0805. The van der Waals surface area contributed by atoms with E-state index in [0.29, 0.717) is 29.2 Å². The van der Waals surface area contributed by atoms with E-state index in [2.05, 4.69) is 10.6 Å². The first-order chi connectivity index (χ1) is 15.7. The van der Waals surface area contributed by atoms with Crippen LogP contribution in [0.2, 0.25) is 0 Å². The molecule has 3 heterocycles. The topological polar surface area (TPSA) is 129 Å². The largest absolute Gasteiger partial charge is 0.466 e. The van der Waals surface area contributed by atoms with Crippen molar-refractivity contribution in [2.45, 2.75) is 18.4 Å². The van der Waals surface area contributed by atoms with Crippen molar-refractivity contribution in [1.82, 2.24) is 5.32 Å². The highest BCUT2D eigenvalue weighted by Gasteiger charge is 2.36. The van der Waals surface area contributed by atoms with E-state index in [4.69, 9.17) is 4.42 Å². The number of nitrogens with one attached hydrogen (secondary N) is 2. The lowest BCUT2D eigenvalue weighted by molar-refractivity contribution is -0.136. The van der Waals surface area contributed by atoms with Gasteiger partial charge in [-0.05, 0) is 54.1 Å². The summed E-state index contributed by atoms with van der Waals surface area (Å²) in [5, 5.41) is 17.9. The molecular weight excluding hydrogens is 466 g/mol. The Morgan fingerprint density at radius 1 is 1.21 bits per heavy atom. The van der Waals surface area contributed by atoms with Crippen LogP contribution in [0.15, 0.2) is 58.5 Å². The van der Waals surface area contributed by atoms with E-state index in [1.165, 1.54) is 21.9 Å². The average Bonchev–Trinajstić information content (AvgIpc) is 3.51. The first-order valence-corrected chi connectivity index (χ1v) is 12.9. The Hall–Kier alpha value is -3.15. The molecule has 1 aliphatic rings. The Bertz CT molecular complexity index is 1220. The number of furan rings is 1. The summed E-state index contributed by atoms with van der Waals surface area (Å²) in [6, 6.07) is 11.6. The smallest absolute Gasteiger partial charge is 0.313 e. The zero-order chi connectivity index (χ0) is 23.6. The van der Waals surface area contributed by atoms with Crippen molar-refractivity contribution >= 4 is 44.5 Å². The van der Waals surface area contributed by atoms with E-state index < -0.39 is 27.4 Å². The summed E-state index contributed by atoms with van der Waals surface area (Å²) in [5.41, 5.74) is 0.0134. The van der Waals surface area contributed by atoms with Crippen LogP contribution in [-0.2, 0) is 31.6 Å². The van der Waals surface area contributed by atoms with Gasteiger partial charge in [0.1, 0.15) is 5.76 Å². The zero-order valence-corrected chi connectivity index (χ0v) is 19.4. The fourth-order valence-electron chi connectivity index (χ4n) is 3.76. The number of carbonyl (C=O) groups is 2. The molecule has 4 rings (SSSR count). The molecule has 0 bridgehead atoms. The number of nitrogens with zero attached hydrogens (tertiary/aromatic N) is 1. The lowest BCUT2D eigenvalue weighted by atomic mass is 9.98. The van der Waals surface area contributed by atoms with Crippen LogP contribution >= 0.6 is 11.3 Å². The van der Waals surface area contributed by atoms with Crippen LogP contribution in [0, 0.1) is 0 Å². The van der Waals surface area contributed by atoms with Crippen molar-refractivity contribution in [2.24, 2.45) is 0 Å². The molecule has 0 saturated heterocycles. The van der Waals surface area contributed by atoms with Crippen molar-refractivity contribution in [3.63, 3.8) is 0 Å². The highest BCUT2D eigenvalue weighted by molar-refractivity contribution is 7.92. The molecule has 0 spiro atoms. The summed E-state index contributed by atoms with van der Waals surface area (Å²) in [7, 11) is -3.46. The molecule has 0 aliphatic carbocycles. The predicted molar refractivity (Wildman–Crippen MR) is 125 cm³/mol. The van der Waals surface area contributed by atoms with Gasteiger partial charge in [-0.1, -0.05) is 12.1 Å². The molecule has 9 nitrogen and oxygen atoms in total. The van der Waals surface area contributed by atoms with Crippen molar-refractivity contribution in [3.8, 4) is 0 Å². The van der Waals surface area contributed by atoms with Gasteiger partial charge in [0.05, 0.1) is 24.8 Å². The Balaban J connectivity index is 1.47. The second kappa shape index (κ2) is 9.00. The highest BCUT2D eigenvalue weighted by atomic mass is 32.2. The molecular formula is C22H23N3O6S2. The first-order valence-electron chi connectivity index (χ1n) is 10.2. The van der Waals surface area contributed by atoms with E-state index in [1.807, 2.05) is 0 Å². The van der Waals surface area contributed by atoms with Crippen LogP contribution in [-0.4, -0.2) is 44.7 Å². The molecule has 174 valence electrons. The van der Waals surface area contributed by atoms with Gasteiger partial charge < -0.3 is 20.2 Å². The number of amides is 2. The predicted octanol–water partition coefficient (Wildman–Crippen LogP) is 2.04. The summed E-state index contributed by atoms with van der Waals surface area (Å²) >= 11 is 1.29. The van der Waals surface area contributed by atoms with Gasteiger partial charge in [0, 0.05) is 17.1 Å². The summed E-state index contributed by atoms with van der Waals surface area (Å²) in [4.78, 5) is 25.5. The molecule has 3 aromatic rings. The summed E-state index contributed by atoms with van der Waals surface area (Å²) in [6.07, 6.45) is 3.98. The summed E-state index contributed by atoms with van der Waals surface area (Å²) < 4.78 is 30.9. The third-order valence-electron chi connectivity index (χ3n) is 5.39. The first kappa shape index (κ1) is 23.0. The maximum atomic E-state index is 12.5. The maximum absolute atomic E-state index is 12.5. The van der Waals surface area contributed by atoms with Crippen LogP contribution < -0.4 is 14.9 Å². The van der Waals surface area contributed by atoms with Crippen molar-refractivity contribution < 1.29 is 27.5 Å². The van der Waals surface area contributed by atoms with Gasteiger partial charge in [0.2, 0.25) is 10.0 Å². The Kier molecular flexibility index (Phi) is 6.28. The molecule has 0 radical (unpaired) electrons. The van der Waals surface area contributed by atoms with Gasteiger partial charge >= 0.3 is 11.8 Å². The minimum absolute atomic E-state index is 0.237. The molecule has 33 heavy (non-hydrogen) atoms. The molecule has 1 aromatic carbocycles. The standard InChI is InChI=1S/C22H23N3O6S2/c1-33(29,30)25-10-2-5-15-8-9-16(13-17(15)25)24-21(27)20(26)23-14-22(28,18-6-3-11-31-18)19-7-4-12-32-19/h3-4,6-9,11-13,28H,2,5,10,14H2,1H3,(H,23,26)(H,24,27). The number of benzene rings is 1. The number of hydrogen-bond donors (Lipinski definition) is 3. The number of rotatable bonds is 6. The number of thiophene rings is 1. The van der Waals surface area contributed by atoms with Crippen LogP contribution in [0.5, 0.6) is 0 Å². The lowest BCUT2D eigenvalue weighted by Crippen LogP contribution is -2.44. The monoisotopic (exact) mass is 489 g/mol. The van der Waals surface area contributed by atoms with Gasteiger partial charge in [-0.25, -0.2) is 8.42 Å². The molecule has 0 saturated carbocycles. The Morgan fingerprint density at radius 2 is 2.03 bits per heavy atom. The molecule has 1 unspecified atom stereocenters. The third kappa shape index (κ3) is 4.80. The molecule has 11 heteroatoms. The molecule has 3 N–H and O–H groups in total. The molecule has 1 atom stereocenters. The summed E-state index contributed by atoms with van der Waals surface area (Å²) in [5.74, 6) is -1.65. The normalized spacial score (nSPS) is 15.4. The fourth-order valence-corrected chi connectivity index (χ4v) is 5.58. The maximum Gasteiger partial charge on any atom is 0.313 e. The SMILES string of the molecule is CS(=O)(=O)N1CCCc2ccc(NC(=O)C(=O)NCC(O)(c3ccco3)c3cccs3)cc21. The average molecular weight is 490 g/mol. The van der Waals surface area contributed by atoms with Gasteiger partial charge in [0.25, 0.3) is 0 Å². The number of hydrogen-bond acceptors (Lipinski definition) is 7. The lowest BCUT2D eigenvalue weighted by Gasteiger charge is -2.29. The molecule has 2 amide bonds. The molecule has 0 fully saturated rings. The zero-order valence-electron chi connectivity index (χ0n) is 17.8. The minimum Gasteiger partial charge on any atom is -0.466 e. The quantitative estimate of drug-likeness (QED) is 0.455. The van der Waals surface area contributed by atoms with Crippen molar-refractivity contribution in [2.75, 3.05) is 29.0 Å². The van der Waals surface area contributed by atoms with Crippen LogP contribution in [0.3, 0.4) is 0 Å². The Labute approximate surface area is 195 Å². The second-order valence-electron chi connectivity index (χ2n) is 7.73. The van der Waals surface area contributed by atoms with Crippen molar-refractivity contribution in [1.29, 1.82) is 0 Å². The van der Waals surface area contributed by atoms with E-state index in [0.717, 1.165) is 18.2 Å². The number of anilines is 2. The van der Waals surface area contributed by atoms with E-state index in [1.54, 1.807) is 47.8 Å². The number of sulfonamides is 1. The van der Waals surface area contributed by atoms with Gasteiger partial charge in [0.15, 0.2) is 5.60 Å². The molecule has 2 aromatic heterocycles. The third-order valence-corrected chi connectivity index (χ3v) is 7.59. The van der Waals surface area contributed by atoms with Gasteiger partial charge in [-0.15, -0.1) is 11.3 Å². The second-order valence-corrected chi connectivity index (χ2v) is 10.6. The number of fused-ring (bicyclic) bond motifs is 1. The van der Waals surface area contributed by atoms with Crippen LogP contribution in [0.1, 0.15) is 22.6 Å². The van der Waals surface area contributed by atoms with Gasteiger partial charge in [-0.2, -0.15) is 0 Å². The number of carbonyl (C=O) groups excluding carboxylic acids is 2.